The summed E-state index contributed by atoms with van der Waals surface area (Å²) in [6, 6.07) is -1.13. The Hall–Kier alpha value is -0.820. The quantitative estimate of drug-likeness (QED) is 0.307. The Morgan fingerprint density at radius 2 is 1.12 bits per heavy atom. The Kier molecular flexibility index (Phi) is 14.0. The summed E-state index contributed by atoms with van der Waals surface area (Å²) >= 11 is 0. The molecule has 0 fully saturated rings. The van der Waals surface area contributed by atoms with Crippen molar-refractivity contribution in [2.24, 2.45) is 5.73 Å². The minimum Gasteiger partial charge on any atom is -0.351 e. The van der Waals surface area contributed by atoms with Gasteiger partial charge in [0.15, 0.2) is 0 Å². The number of nitrogens with two attached hydrogens (primary N) is 1. The summed E-state index contributed by atoms with van der Waals surface area (Å²) in [5.41, 5.74) is 4.92. The van der Waals surface area contributed by atoms with Crippen LogP contribution >= 0.6 is 0 Å². The summed E-state index contributed by atoms with van der Waals surface area (Å²) in [7, 11) is -4.52. The van der Waals surface area contributed by atoms with Gasteiger partial charge < -0.3 is 5.73 Å². The van der Waals surface area contributed by atoms with Crippen molar-refractivity contribution in [3.63, 3.8) is 0 Å². The maximum absolute atomic E-state index is 10.9. The first kappa shape index (κ1) is 23.2. The number of urea groups is 1. The number of carbonyl (C=O) groups is 1. The van der Waals surface area contributed by atoms with Crippen molar-refractivity contribution >= 4 is 16.3 Å². The maximum atomic E-state index is 10.9. The number of amides is 2. The number of hydrogen-bond donors (Lipinski definition) is 2. The molecule has 2 amide bonds. The smallest absolute Gasteiger partial charge is 0.351 e. The van der Waals surface area contributed by atoms with Crippen LogP contribution in [0, 0.1) is 0 Å². The summed E-state index contributed by atoms with van der Waals surface area (Å²) in [6.07, 6.45) is 16.7. The van der Waals surface area contributed by atoms with Crippen molar-refractivity contribution < 1.29 is 17.8 Å². The Morgan fingerprint density at radius 1 is 0.792 bits per heavy atom. The largest absolute Gasteiger partial charge is 0.363 e. The number of unbranched alkanes of at least 4 members (excludes halogenated alkanes) is 13. The molecule has 0 aromatic heterocycles. The summed E-state index contributed by atoms with van der Waals surface area (Å²) in [4.78, 5) is 10.9. The van der Waals surface area contributed by atoms with Crippen molar-refractivity contribution in [1.82, 2.24) is 4.31 Å². The zero-order valence-electron chi connectivity index (χ0n) is 15.2. The van der Waals surface area contributed by atoms with Crippen LogP contribution in [0.3, 0.4) is 0 Å². The molecule has 0 aromatic rings. The van der Waals surface area contributed by atoms with Gasteiger partial charge >= 0.3 is 16.3 Å². The number of primary amides is 1. The first-order valence-corrected chi connectivity index (χ1v) is 10.8. The van der Waals surface area contributed by atoms with E-state index in [1.807, 2.05) is 0 Å². The molecule has 0 aliphatic carbocycles. The van der Waals surface area contributed by atoms with Gasteiger partial charge in [-0.2, -0.15) is 12.7 Å². The zero-order chi connectivity index (χ0) is 18.3. The van der Waals surface area contributed by atoms with Gasteiger partial charge in [-0.15, -0.1) is 0 Å². The molecule has 0 heterocycles. The highest BCUT2D eigenvalue weighted by Crippen LogP contribution is 2.13. The molecular weight excluding hydrogens is 328 g/mol. The molecule has 144 valence electrons. The molecule has 7 heteroatoms. The second-order valence-electron chi connectivity index (χ2n) is 6.48. The normalized spacial score (nSPS) is 11.6. The molecule has 0 aromatic carbocycles. The van der Waals surface area contributed by atoms with E-state index >= 15 is 0 Å². The van der Waals surface area contributed by atoms with E-state index in [4.69, 9.17) is 10.3 Å². The lowest BCUT2D eigenvalue weighted by atomic mass is 10.0. The Morgan fingerprint density at radius 3 is 1.42 bits per heavy atom. The number of rotatable bonds is 16. The van der Waals surface area contributed by atoms with Gasteiger partial charge in [0.2, 0.25) is 0 Å². The molecule has 0 aliphatic heterocycles. The number of hydrogen-bond acceptors (Lipinski definition) is 3. The van der Waals surface area contributed by atoms with E-state index in [0.29, 0.717) is 10.7 Å². The van der Waals surface area contributed by atoms with E-state index < -0.39 is 16.3 Å². The standard InChI is InChI=1S/C17H36N2O4S/c1-2-3-4-5-6-7-8-9-10-11-12-13-14-15-16-19(17(18)20)24(21,22)23/h2-16H2,1H3,(H2,18,20)(H,21,22,23). The van der Waals surface area contributed by atoms with Crippen molar-refractivity contribution in [2.75, 3.05) is 6.54 Å². The summed E-state index contributed by atoms with van der Waals surface area (Å²) in [5.74, 6) is 0. The molecule has 0 atom stereocenters. The van der Waals surface area contributed by atoms with Gasteiger partial charge in [-0.1, -0.05) is 90.4 Å². The fourth-order valence-electron chi connectivity index (χ4n) is 2.79. The van der Waals surface area contributed by atoms with Crippen molar-refractivity contribution in [1.29, 1.82) is 0 Å². The fraction of sp³-hybridized carbons (Fsp3) is 0.941. The van der Waals surface area contributed by atoms with Gasteiger partial charge in [-0.05, 0) is 6.42 Å². The van der Waals surface area contributed by atoms with Crippen LogP contribution in [0.25, 0.3) is 0 Å². The highest BCUT2D eigenvalue weighted by atomic mass is 32.2. The highest BCUT2D eigenvalue weighted by Gasteiger charge is 2.21. The average Bonchev–Trinajstić information content (AvgIpc) is 2.49. The lowest BCUT2D eigenvalue weighted by Crippen LogP contribution is -2.40. The van der Waals surface area contributed by atoms with E-state index in [9.17, 15) is 13.2 Å². The average molecular weight is 365 g/mol. The zero-order valence-corrected chi connectivity index (χ0v) is 16.0. The molecule has 0 aliphatic rings. The van der Waals surface area contributed by atoms with Crippen LogP contribution < -0.4 is 5.73 Å². The summed E-state index contributed by atoms with van der Waals surface area (Å²) < 4.78 is 31.0. The van der Waals surface area contributed by atoms with Gasteiger partial charge in [0.1, 0.15) is 0 Å². The van der Waals surface area contributed by atoms with E-state index in [1.54, 1.807) is 0 Å². The Labute approximate surface area is 148 Å². The van der Waals surface area contributed by atoms with Crippen LogP contribution in [0.5, 0.6) is 0 Å². The number of nitrogens with zero attached hydrogens (tertiary/aromatic N) is 1. The minimum absolute atomic E-state index is 0.0494. The summed E-state index contributed by atoms with van der Waals surface area (Å²) in [6.45, 7) is 2.19. The van der Waals surface area contributed by atoms with Crippen LogP contribution in [-0.2, 0) is 10.3 Å². The molecule has 0 bridgehead atoms. The molecular formula is C17H36N2O4S. The van der Waals surface area contributed by atoms with Crippen LogP contribution in [0.15, 0.2) is 0 Å². The van der Waals surface area contributed by atoms with Crippen molar-refractivity contribution in [3.8, 4) is 0 Å². The topological polar surface area (TPSA) is 101 Å². The molecule has 0 rings (SSSR count). The first-order valence-electron chi connectivity index (χ1n) is 9.44. The molecule has 0 radical (unpaired) electrons. The molecule has 0 saturated heterocycles. The first-order chi connectivity index (χ1) is 11.4. The second-order valence-corrected chi connectivity index (χ2v) is 7.82. The monoisotopic (exact) mass is 364 g/mol. The summed E-state index contributed by atoms with van der Waals surface area (Å²) in [5, 5.41) is 0. The predicted molar refractivity (Wildman–Crippen MR) is 98.2 cm³/mol. The van der Waals surface area contributed by atoms with Gasteiger partial charge in [0.25, 0.3) is 0 Å². The fourth-order valence-corrected chi connectivity index (χ4v) is 3.38. The third-order valence-electron chi connectivity index (χ3n) is 4.24. The van der Waals surface area contributed by atoms with E-state index in [-0.39, 0.29) is 6.54 Å². The lowest BCUT2D eigenvalue weighted by molar-refractivity contribution is 0.227. The molecule has 6 nitrogen and oxygen atoms in total. The third-order valence-corrected chi connectivity index (χ3v) is 5.16. The van der Waals surface area contributed by atoms with Crippen LogP contribution in [0.4, 0.5) is 4.79 Å². The maximum Gasteiger partial charge on any atom is 0.363 e. The van der Waals surface area contributed by atoms with Crippen molar-refractivity contribution in [3.05, 3.63) is 0 Å². The van der Waals surface area contributed by atoms with Gasteiger partial charge in [-0.3, -0.25) is 4.55 Å². The third kappa shape index (κ3) is 13.6. The number of carbonyl (C=O) groups excluding carboxylic acids is 1. The Balaban J connectivity index is 3.38. The second kappa shape index (κ2) is 14.5. The SMILES string of the molecule is CCCCCCCCCCCCCCCCN(C(N)=O)S(=O)(=O)O. The van der Waals surface area contributed by atoms with Gasteiger partial charge in [0, 0.05) is 6.54 Å². The molecule has 3 N–H and O–H groups in total. The van der Waals surface area contributed by atoms with E-state index in [0.717, 1.165) is 19.3 Å². The van der Waals surface area contributed by atoms with Crippen molar-refractivity contribution in [2.45, 2.75) is 96.8 Å². The minimum atomic E-state index is -4.52. The van der Waals surface area contributed by atoms with Crippen LogP contribution in [0.2, 0.25) is 0 Å². The van der Waals surface area contributed by atoms with Gasteiger partial charge in [0.05, 0.1) is 0 Å². The van der Waals surface area contributed by atoms with Gasteiger partial charge in [-0.25, -0.2) is 4.79 Å². The van der Waals surface area contributed by atoms with E-state index in [2.05, 4.69) is 6.92 Å². The lowest BCUT2D eigenvalue weighted by Gasteiger charge is -2.15. The highest BCUT2D eigenvalue weighted by molar-refractivity contribution is 7.83. The van der Waals surface area contributed by atoms with Crippen LogP contribution in [0.1, 0.15) is 96.8 Å². The molecule has 0 spiro atoms. The molecule has 24 heavy (non-hydrogen) atoms. The Bertz CT molecular complexity index is 413. The van der Waals surface area contributed by atoms with E-state index in [1.165, 1.54) is 64.2 Å². The van der Waals surface area contributed by atoms with Crippen LogP contribution in [-0.4, -0.2) is 29.9 Å². The molecule has 0 unspecified atom stereocenters. The molecule has 0 saturated carbocycles. The predicted octanol–water partition coefficient (Wildman–Crippen LogP) is 4.65.